The van der Waals surface area contributed by atoms with Crippen LogP contribution in [0.3, 0.4) is 0 Å². The smallest absolute Gasteiger partial charge is 0.0426 e. The Balaban J connectivity index is 1.74. The molecule has 4 unspecified atom stereocenters. The fourth-order valence-electron chi connectivity index (χ4n) is 4.49. The minimum Gasteiger partial charge on any atom is -0.0836 e. The molecule has 20 heavy (non-hydrogen) atoms. The summed E-state index contributed by atoms with van der Waals surface area (Å²) in [5.74, 6) is 2.92. The van der Waals surface area contributed by atoms with Crippen LogP contribution in [0.25, 0.3) is 0 Å². The molecule has 2 fully saturated rings. The zero-order chi connectivity index (χ0) is 14.1. The fraction of sp³-hybridized carbons (Fsp3) is 0.684. The van der Waals surface area contributed by atoms with E-state index in [1.54, 1.807) is 0 Å². The van der Waals surface area contributed by atoms with Crippen molar-refractivity contribution in [2.45, 2.75) is 63.6 Å². The molecule has 4 atom stereocenters. The molecule has 3 rings (SSSR count). The summed E-state index contributed by atoms with van der Waals surface area (Å²) in [4.78, 5) is 0.560. The summed E-state index contributed by atoms with van der Waals surface area (Å²) in [6.45, 7) is 4.47. The molecule has 1 aromatic carbocycles. The van der Waals surface area contributed by atoms with Crippen molar-refractivity contribution < 1.29 is 0 Å². The molecule has 0 bridgehead atoms. The van der Waals surface area contributed by atoms with Crippen LogP contribution in [-0.2, 0) is 0 Å². The molecular weight excluding hydrogens is 308 g/mol. The zero-order valence-electron chi connectivity index (χ0n) is 12.9. The summed E-state index contributed by atoms with van der Waals surface area (Å²) in [6.07, 6.45) is 10.3. The van der Waals surface area contributed by atoms with E-state index >= 15 is 0 Å². The van der Waals surface area contributed by atoms with Gasteiger partial charge in [-0.2, -0.15) is 0 Å². The van der Waals surface area contributed by atoms with Crippen molar-refractivity contribution >= 4 is 15.9 Å². The van der Waals surface area contributed by atoms with E-state index in [2.05, 4.69) is 48.0 Å². The predicted octanol–water partition coefficient (Wildman–Crippen LogP) is 6.35. The normalized spacial score (nSPS) is 31.6. The molecule has 0 aromatic heterocycles. The number of benzene rings is 1. The standard InChI is InChI=1S/C19H27Br/c1-13-7-8-14(2)18(11-13)19(20)17-10-9-15-5-3-4-6-16(15)12-17/h7-8,11,15-17,19H,3-6,9-10,12H2,1-2H3. The second-order valence-corrected chi connectivity index (χ2v) is 8.13. The number of alkyl halides is 1. The highest BCUT2D eigenvalue weighted by Gasteiger charge is 2.35. The van der Waals surface area contributed by atoms with Crippen molar-refractivity contribution in [3.05, 3.63) is 34.9 Å². The van der Waals surface area contributed by atoms with Gasteiger partial charge in [-0.05, 0) is 62.0 Å². The molecule has 0 aliphatic heterocycles. The summed E-state index contributed by atoms with van der Waals surface area (Å²) in [6, 6.07) is 6.91. The maximum atomic E-state index is 4.05. The SMILES string of the molecule is Cc1ccc(C)c(C(Br)C2CCC3CCCCC3C2)c1. The van der Waals surface area contributed by atoms with Gasteiger partial charge in [0.1, 0.15) is 0 Å². The van der Waals surface area contributed by atoms with E-state index in [0.717, 1.165) is 17.8 Å². The number of rotatable bonds is 2. The predicted molar refractivity (Wildman–Crippen MR) is 90.4 cm³/mol. The lowest BCUT2D eigenvalue weighted by molar-refractivity contribution is 0.129. The first-order valence-electron chi connectivity index (χ1n) is 8.36. The molecular formula is C19H27Br. The van der Waals surface area contributed by atoms with Crippen LogP contribution in [0.4, 0.5) is 0 Å². The molecule has 0 heterocycles. The highest BCUT2D eigenvalue weighted by Crippen LogP contribution is 2.48. The average Bonchev–Trinajstić information content (AvgIpc) is 2.48. The first-order chi connectivity index (χ1) is 9.65. The van der Waals surface area contributed by atoms with Gasteiger partial charge in [0.15, 0.2) is 0 Å². The number of hydrogen-bond acceptors (Lipinski definition) is 0. The van der Waals surface area contributed by atoms with Gasteiger partial charge in [0, 0.05) is 4.83 Å². The highest BCUT2D eigenvalue weighted by molar-refractivity contribution is 9.09. The molecule has 2 aliphatic rings. The van der Waals surface area contributed by atoms with E-state index in [-0.39, 0.29) is 0 Å². The van der Waals surface area contributed by atoms with E-state index < -0.39 is 0 Å². The van der Waals surface area contributed by atoms with Crippen LogP contribution in [-0.4, -0.2) is 0 Å². The van der Waals surface area contributed by atoms with Crippen molar-refractivity contribution in [1.82, 2.24) is 0 Å². The molecule has 0 spiro atoms. The lowest BCUT2D eigenvalue weighted by Gasteiger charge is -2.41. The summed E-state index contributed by atoms with van der Waals surface area (Å²) < 4.78 is 0. The Hall–Kier alpha value is -0.300. The quantitative estimate of drug-likeness (QED) is 0.553. The zero-order valence-corrected chi connectivity index (χ0v) is 14.5. The third-order valence-electron chi connectivity index (χ3n) is 5.73. The van der Waals surface area contributed by atoms with Gasteiger partial charge in [-0.1, -0.05) is 65.4 Å². The monoisotopic (exact) mass is 334 g/mol. The molecule has 0 amide bonds. The van der Waals surface area contributed by atoms with Crippen LogP contribution in [0, 0.1) is 31.6 Å². The van der Waals surface area contributed by atoms with E-state index in [1.807, 2.05) is 0 Å². The molecule has 0 nitrogen and oxygen atoms in total. The van der Waals surface area contributed by atoms with Gasteiger partial charge in [0.2, 0.25) is 0 Å². The van der Waals surface area contributed by atoms with Crippen LogP contribution in [0.15, 0.2) is 18.2 Å². The molecule has 0 saturated heterocycles. The van der Waals surface area contributed by atoms with Gasteiger partial charge in [-0.15, -0.1) is 0 Å². The first kappa shape index (κ1) is 14.6. The first-order valence-corrected chi connectivity index (χ1v) is 9.28. The minimum atomic E-state index is 0.560. The van der Waals surface area contributed by atoms with E-state index in [9.17, 15) is 0 Å². The van der Waals surface area contributed by atoms with Crippen molar-refractivity contribution in [1.29, 1.82) is 0 Å². The summed E-state index contributed by atoms with van der Waals surface area (Å²) in [5.41, 5.74) is 4.37. The van der Waals surface area contributed by atoms with Crippen LogP contribution in [0.1, 0.15) is 66.5 Å². The Morgan fingerprint density at radius 3 is 2.55 bits per heavy atom. The molecule has 1 heteroatoms. The van der Waals surface area contributed by atoms with Crippen molar-refractivity contribution in [3.8, 4) is 0 Å². The summed E-state index contributed by atoms with van der Waals surface area (Å²) >= 11 is 4.05. The van der Waals surface area contributed by atoms with Gasteiger partial charge < -0.3 is 0 Å². The van der Waals surface area contributed by atoms with Crippen LogP contribution >= 0.6 is 15.9 Å². The Bertz CT molecular complexity index is 465. The maximum Gasteiger partial charge on any atom is 0.0426 e. The lowest BCUT2D eigenvalue weighted by Crippen LogP contribution is -2.29. The number of halogens is 1. The van der Waals surface area contributed by atoms with E-state index in [4.69, 9.17) is 0 Å². The molecule has 2 saturated carbocycles. The summed E-state index contributed by atoms with van der Waals surface area (Å²) in [5, 5.41) is 0. The number of hydrogen-bond donors (Lipinski definition) is 0. The van der Waals surface area contributed by atoms with E-state index in [1.165, 1.54) is 61.6 Å². The Kier molecular flexibility index (Phi) is 4.55. The second kappa shape index (κ2) is 6.22. The maximum absolute atomic E-state index is 4.05. The topological polar surface area (TPSA) is 0 Å². The van der Waals surface area contributed by atoms with Crippen molar-refractivity contribution in [2.24, 2.45) is 17.8 Å². The lowest BCUT2D eigenvalue weighted by atomic mass is 9.66. The third-order valence-corrected chi connectivity index (χ3v) is 6.97. The molecule has 2 aliphatic carbocycles. The third kappa shape index (κ3) is 2.98. The van der Waals surface area contributed by atoms with Gasteiger partial charge >= 0.3 is 0 Å². The molecule has 0 radical (unpaired) electrons. The van der Waals surface area contributed by atoms with Crippen LogP contribution in [0.2, 0.25) is 0 Å². The van der Waals surface area contributed by atoms with Crippen molar-refractivity contribution in [3.63, 3.8) is 0 Å². The van der Waals surface area contributed by atoms with Gasteiger partial charge in [-0.3, -0.25) is 0 Å². The molecule has 110 valence electrons. The largest absolute Gasteiger partial charge is 0.0836 e. The fourth-order valence-corrected chi connectivity index (χ4v) is 5.46. The number of aryl methyl sites for hydroxylation is 2. The molecule has 0 N–H and O–H groups in total. The van der Waals surface area contributed by atoms with Gasteiger partial charge in [-0.25, -0.2) is 0 Å². The highest BCUT2D eigenvalue weighted by atomic mass is 79.9. The Labute approximate surface area is 132 Å². The summed E-state index contributed by atoms with van der Waals surface area (Å²) in [7, 11) is 0. The van der Waals surface area contributed by atoms with Crippen molar-refractivity contribution in [2.75, 3.05) is 0 Å². The minimum absolute atomic E-state index is 0.560. The average molecular weight is 335 g/mol. The van der Waals surface area contributed by atoms with Crippen LogP contribution < -0.4 is 0 Å². The Morgan fingerprint density at radius 1 is 1.00 bits per heavy atom. The van der Waals surface area contributed by atoms with E-state index in [0.29, 0.717) is 4.83 Å². The number of fused-ring (bicyclic) bond motifs is 1. The van der Waals surface area contributed by atoms with Gasteiger partial charge in [0.05, 0.1) is 0 Å². The van der Waals surface area contributed by atoms with Gasteiger partial charge in [0.25, 0.3) is 0 Å². The second-order valence-electron chi connectivity index (χ2n) is 7.14. The molecule has 1 aromatic rings. The van der Waals surface area contributed by atoms with Crippen LogP contribution in [0.5, 0.6) is 0 Å². The Morgan fingerprint density at radius 2 is 1.75 bits per heavy atom.